The van der Waals surface area contributed by atoms with Gasteiger partial charge in [0.25, 0.3) is 0 Å². The van der Waals surface area contributed by atoms with Crippen LogP contribution in [-0.2, 0) is 14.3 Å². The number of amides is 2. The molecule has 1 fully saturated rings. The Bertz CT molecular complexity index is 291. The standard InChI is InChI=1S/C12H22N2O3/c1-8(2)7-10-11(15)13-9(3)12(16)14(10)5-6-17-4/h8-10H,5-7H2,1-4H3,(H,13,15). The highest BCUT2D eigenvalue weighted by Gasteiger charge is 2.38. The Hall–Kier alpha value is -1.10. The van der Waals surface area contributed by atoms with Crippen molar-refractivity contribution in [3.8, 4) is 0 Å². The second-order valence-corrected chi connectivity index (χ2v) is 4.90. The number of rotatable bonds is 5. The van der Waals surface area contributed by atoms with Crippen molar-refractivity contribution in [2.75, 3.05) is 20.3 Å². The van der Waals surface area contributed by atoms with E-state index in [9.17, 15) is 9.59 Å². The number of piperazine rings is 1. The third kappa shape index (κ3) is 3.43. The summed E-state index contributed by atoms with van der Waals surface area (Å²) in [5.41, 5.74) is 0. The molecular weight excluding hydrogens is 220 g/mol. The first-order chi connectivity index (χ1) is 7.97. The van der Waals surface area contributed by atoms with E-state index in [4.69, 9.17) is 4.74 Å². The zero-order valence-electron chi connectivity index (χ0n) is 11.0. The summed E-state index contributed by atoms with van der Waals surface area (Å²) in [4.78, 5) is 25.6. The Kier molecular flexibility index (Phi) is 4.93. The lowest BCUT2D eigenvalue weighted by atomic mass is 9.98. The monoisotopic (exact) mass is 242 g/mol. The van der Waals surface area contributed by atoms with E-state index in [1.165, 1.54) is 0 Å². The van der Waals surface area contributed by atoms with Crippen LogP contribution >= 0.6 is 0 Å². The summed E-state index contributed by atoms with van der Waals surface area (Å²) in [5.74, 6) is 0.297. The van der Waals surface area contributed by atoms with E-state index in [0.29, 0.717) is 25.5 Å². The number of hydrogen-bond donors (Lipinski definition) is 1. The van der Waals surface area contributed by atoms with Crippen molar-refractivity contribution < 1.29 is 14.3 Å². The molecule has 1 aliphatic heterocycles. The van der Waals surface area contributed by atoms with E-state index in [1.54, 1.807) is 18.9 Å². The van der Waals surface area contributed by atoms with E-state index < -0.39 is 6.04 Å². The van der Waals surface area contributed by atoms with E-state index in [0.717, 1.165) is 0 Å². The van der Waals surface area contributed by atoms with Gasteiger partial charge in [-0.05, 0) is 19.3 Å². The van der Waals surface area contributed by atoms with Crippen molar-refractivity contribution in [2.45, 2.75) is 39.3 Å². The first-order valence-corrected chi connectivity index (χ1v) is 6.07. The summed E-state index contributed by atoms with van der Waals surface area (Å²) in [7, 11) is 1.59. The van der Waals surface area contributed by atoms with Crippen LogP contribution < -0.4 is 5.32 Å². The summed E-state index contributed by atoms with van der Waals surface area (Å²) in [6.45, 7) is 6.74. The minimum atomic E-state index is -0.428. The largest absolute Gasteiger partial charge is 0.383 e. The van der Waals surface area contributed by atoms with Gasteiger partial charge in [-0.1, -0.05) is 13.8 Å². The molecule has 17 heavy (non-hydrogen) atoms. The molecule has 0 bridgehead atoms. The topological polar surface area (TPSA) is 58.6 Å². The molecule has 1 heterocycles. The average molecular weight is 242 g/mol. The van der Waals surface area contributed by atoms with Crippen LogP contribution in [-0.4, -0.2) is 49.1 Å². The first kappa shape index (κ1) is 14.0. The fourth-order valence-electron chi connectivity index (χ4n) is 2.05. The molecule has 1 N–H and O–H groups in total. The Balaban J connectivity index is 2.79. The molecule has 2 amide bonds. The molecule has 0 aromatic rings. The number of hydrogen-bond acceptors (Lipinski definition) is 3. The van der Waals surface area contributed by atoms with E-state index in [1.807, 2.05) is 13.8 Å². The van der Waals surface area contributed by atoms with Crippen LogP contribution in [0.2, 0.25) is 0 Å². The molecule has 0 saturated carbocycles. The lowest BCUT2D eigenvalue weighted by Gasteiger charge is -2.38. The van der Waals surface area contributed by atoms with Crippen molar-refractivity contribution in [3.05, 3.63) is 0 Å². The summed E-state index contributed by atoms with van der Waals surface area (Å²) >= 11 is 0. The fraction of sp³-hybridized carbons (Fsp3) is 0.833. The van der Waals surface area contributed by atoms with E-state index in [-0.39, 0.29) is 17.9 Å². The van der Waals surface area contributed by atoms with Crippen molar-refractivity contribution in [2.24, 2.45) is 5.92 Å². The molecule has 0 radical (unpaired) electrons. The molecule has 0 aromatic carbocycles. The van der Waals surface area contributed by atoms with Gasteiger partial charge in [-0.2, -0.15) is 0 Å². The SMILES string of the molecule is COCCN1C(=O)C(C)NC(=O)C1CC(C)C. The number of ether oxygens (including phenoxy) is 1. The van der Waals surface area contributed by atoms with Crippen molar-refractivity contribution in [3.63, 3.8) is 0 Å². The van der Waals surface area contributed by atoms with Gasteiger partial charge in [-0.25, -0.2) is 0 Å². The maximum Gasteiger partial charge on any atom is 0.245 e. The third-order valence-electron chi connectivity index (χ3n) is 2.92. The van der Waals surface area contributed by atoms with Crippen LogP contribution in [0.1, 0.15) is 27.2 Å². The van der Waals surface area contributed by atoms with E-state index in [2.05, 4.69) is 5.32 Å². The highest BCUT2D eigenvalue weighted by Crippen LogP contribution is 2.17. The van der Waals surface area contributed by atoms with Crippen LogP contribution in [0, 0.1) is 5.92 Å². The normalized spacial score (nSPS) is 25.4. The molecule has 5 nitrogen and oxygen atoms in total. The van der Waals surface area contributed by atoms with Crippen molar-refractivity contribution in [1.82, 2.24) is 10.2 Å². The van der Waals surface area contributed by atoms with Crippen LogP contribution in [0.5, 0.6) is 0 Å². The Morgan fingerprint density at radius 3 is 2.59 bits per heavy atom. The lowest BCUT2D eigenvalue weighted by Crippen LogP contribution is -2.63. The minimum absolute atomic E-state index is 0.0210. The zero-order valence-corrected chi connectivity index (χ0v) is 11.0. The summed E-state index contributed by atoms with van der Waals surface area (Å²) < 4.78 is 4.99. The van der Waals surface area contributed by atoms with Crippen LogP contribution in [0.4, 0.5) is 0 Å². The van der Waals surface area contributed by atoms with Crippen LogP contribution in [0.15, 0.2) is 0 Å². The Labute approximate surface area is 102 Å². The zero-order chi connectivity index (χ0) is 13.0. The number of carbonyl (C=O) groups excluding carboxylic acids is 2. The maximum absolute atomic E-state index is 12.0. The molecule has 2 unspecified atom stereocenters. The molecule has 5 heteroatoms. The molecule has 1 saturated heterocycles. The van der Waals surface area contributed by atoms with Gasteiger partial charge in [0.2, 0.25) is 11.8 Å². The molecular formula is C12H22N2O3. The quantitative estimate of drug-likeness (QED) is 0.759. The van der Waals surface area contributed by atoms with Gasteiger partial charge in [0.05, 0.1) is 6.61 Å². The smallest absolute Gasteiger partial charge is 0.245 e. The van der Waals surface area contributed by atoms with Crippen LogP contribution in [0.3, 0.4) is 0 Å². The van der Waals surface area contributed by atoms with Gasteiger partial charge >= 0.3 is 0 Å². The number of nitrogens with one attached hydrogen (secondary N) is 1. The molecule has 1 aliphatic rings. The van der Waals surface area contributed by atoms with Gasteiger partial charge < -0.3 is 15.0 Å². The number of carbonyl (C=O) groups is 2. The minimum Gasteiger partial charge on any atom is -0.383 e. The van der Waals surface area contributed by atoms with Crippen molar-refractivity contribution >= 4 is 11.8 Å². The highest BCUT2D eigenvalue weighted by atomic mass is 16.5. The highest BCUT2D eigenvalue weighted by molar-refractivity contribution is 5.96. The maximum atomic E-state index is 12.0. The fourth-order valence-corrected chi connectivity index (χ4v) is 2.05. The number of nitrogens with zero attached hydrogens (tertiary/aromatic N) is 1. The summed E-state index contributed by atoms with van der Waals surface area (Å²) in [6.07, 6.45) is 0.688. The van der Waals surface area contributed by atoms with Gasteiger partial charge in [-0.15, -0.1) is 0 Å². The van der Waals surface area contributed by atoms with Crippen LogP contribution in [0.25, 0.3) is 0 Å². The van der Waals surface area contributed by atoms with Gasteiger partial charge in [0, 0.05) is 13.7 Å². The molecule has 0 spiro atoms. The predicted molar refractivity (Wildman–Crippen MR) is 64.4 cm³/mol. The molecule has 0 aromatic heterocycles. The van der Waals surface area contributed by atoms with Gasteiger partial charge in [-0.3, -0.25) is 9.59 Å². The molecule has 1 rings (SSSR count). The van der Waals surface area contributed by atoms with Crippen molar-refractivity contribution in [1.29, 1.82) is 0 Å². The Morgan fingerprint density at radius 2 is 2.06 bits per heavy atom. The van der Waals surface area contributed by atoms with Gasteiger partial charge in [0.15, 0.2) is 0 Å². The Morgan fingerprint density at radius 1 is 1.41 bits per heavy atom. The predicted octanol–water partition coefficient (Wildman–Crippen LogP) is 0.394. The summed E-state index contributed by atoms with van der Waals surface area (Å²) in [6, 6.07) is -0.781. The number of methoxy groups -OCH3 is 1. The molecule has 0 aliphatic carbocycles. The summed E-state index contributed by atoms with van der Waals surface area (Å²) in [5, 5.41) is 2.72. The molecule has 98 valence electrons. The third-order valence-corrected chi connectivity index (χ3v) is 2.92. The average Bonchev–Trinajstić information content (AvgIpc) is 2.25. The van der Waals surface area contributed by atoms with E-state index >= 15 is 0 Å². The van der Waals surface area contributed by atoms with Gasteiger partial charge in [0.1, 0.15) is 12.1 Å². The lowest BCUT2D eigenvalue weighted by molar-refractivity contribution is -0.150. The first-order valence-electron chi connectivity index (χ1n) is 6.07. The molecule has 2 atom stereocenters. The second kappa shape index (κ2) is 6.00. The second-order valence-electron chi connectivity index (χ2n) is 4.90.